The molecule has 1 aromatic rings. The summed E-state index contributed by atoms with van der Waals surface area (Å²) in [4.78, 5) is 4.09. The zero-order valence-electron chi connectivity index (χ0n) is 10.6. The molecule has 0 aliphatic carbocycles. The van der Waals surface area contributed by atoms with Gasteiger partial charge in [-0.25, -0.2) is 0 Å². The van der Waals surface area contributed by atoms with Gasteiger partial charge < -0.3 is 15.2 Å². The van der Waals surface area contributed by atoms with E-state index in [2.05, 4.69) is 23.7 Å². The first-order chi connectivity index (χ1) is 8.78. The maximum atomic E-state index is 5.69. The fraction of sp³-hybridized carbons (Fsp3) is 0.500. The van der Waals surface area contributed by atoms with Crippen LogP contribution < -0.4 is 10.5 Å². The maximum absolute atomic E-state index is 5.69. The van der Waals surface area contributed by atoms with Crippen molar-refractivity contribution in [3.8, 4) is 17.6 Å². The molecule has 1 fully saturated rings. The van der Waals surface area contributed by atoms with Crippen LogP contribution in [0.25, 0.3) is 0 Å². The molecule has 0 bridgehead atoms. The lowest BCUT2D eigenvalue weighted by Crippen LogP contribution is -2.17. The summed E-state index contributed by atoms with van der Waals surface area (Å²) in [6, 6.07) is 1.87. The largest absolute Gasteiger partial charge is 0.489 e. The van der Waals surface area contributed by atoms with Crippen LogP contribution in [0.3, 0.4) is 0 Å². The first-order valence-corrected chi connectivity index (χ1v) is 6.20. The topological polar surface area (TPSA) is 57.4 Å². The molecule has 1 aromatic heterocycles. The summed E-state index contributed by atoms with van der Waals surface area (Å²) in [5.74, 6) is 6.45. The van der Waals surface area contributed by atoms with Gasteiger partial charge >= 0.3 is 0 Å². The van der Waals surface area contributed by atoms with E-state index in [1.54, 1.807) is 12.4 Å². The van der Waals surface area contributed by atoms with Crippen LogP contribution in [0.15, 0.2) is 18.5 Å². The van der Waals surface area contributed by atoms with E-state index in [1.807, 2.05) is 6.07 Å². The number of aromatic nitrogens is 1. The second-order valence-corrected chi connectivity index (χ2v) is 4.37. The molecule has 2 heterocycles. The zero-order valence-corrected chi connectivity index (χ0v) is 10.6. The number of rotatable bonds is 3. The second kappa shape index (κ2) is 6.39. The van der Waals surface area contributed by atoms with Crippen molar-refractivity contribution in [3.05, 3.63) is 24.0 Å². The minimum absolute atomic E-state index is 0.193. The Morgan fingerprint density at radius 1 is 1.50 bits per heavy atom. The van der Waals surface area contributed by atoms with E-state index in [0.717, 1.165) is 24.2 Å². The van der Waals surface area contributed by atoms with Crippen molar-refractivity contribution in [2.45, 2.75) is 32.0 Å². The molecule has 4 nitrogen and oxygen atoms in total. The van der Waals surface area contributed by atoms with Crippen LogP contribution >= 0.6 is 0 Å². The van der Waals surface area contributed by atoms with Crippen LogP contribution in [0.2, 0.25) is 0 Å². The van der Waals surface area contributed by atoms with Crippen molar-refractivity contribution in [3.63, 3.8) is 0 Å². The van der Waals surface area contributed by atoms with E-state index in [4.69, 9.17) is 15.2 Å². The summed E-state index contributed by atoms with van der Waals surface area (Å²) in [6.07, 6.45) is 6.09. The van der Waals surface area contributed by atoms with E-state index < -0.39 is 0 Å². The number of nitrogens with zero attached hydrogens (tertiary/aromatic N) is 1. The molecule has 0 aromatic carbocycles. The van der Waals surface area contributed by atoms with E-state index in [-0.39, 0.29) is 6.10 Å². The molecule has 2 rings (SSSR count). The van der Waals surface area contributed by atoms with Gasteiger partial charge in [-0.1, -0.05) is 11.8 Å². The highest BCUT2D eigenvalue weighted by Gasteiger charge is 2.22. The fourth-order valence-electron chi connectivity index (χ4n) is 1.92. The summed E-state index contributed by atoms with van der Waals surface area (Å²) in [7, 11) is 0. The van der Waals surface area contributed by atoms with Gasteiger partial charge in [-0.3, -0.25) is 4.98 Å². The van der Waals surface area contributed by atoms with Crippen LogP contribution in [0.1, 0.15) is 25.3 Å². The van der Waals surface area contributed by atoms with Crippen molar-refractivity contribution in [2.24, 2.45) is 5.73 Å². The molecule has 1 aliphatic rings. The normalized spacial score (nSPS) is 22.3. The first-order valence-electron chi connectivity index (χ1n) is 6.20. The third kappa shape index (κ3) is 3.73. The van der Waals surface area contributed by atoms with Gasteiger partial charge in [-0.15, -0.1) is 0 Å². The van der Waals surface area contributed by atoms with Crippen molar-refractivity contribution in [1.29, 1.82) is 0 Å². The number of nitrogens with two attached hydrogens (primary N) is 1. The second-order valence-electron chi connectivity index (χ2n) is 4.37. The van der Waals surface area contributed by atoms with Gasteiger partial charge in [0.15, 0.2) is 0 Å². The molecule has 0 radical (unpaired) electrons. The Bertz CT molecular complexity index is 451. The molecule has 1 saturated heterocycles. The molecule has 0 spiro atoms. The van der Waals surface area contributed by atoms with Gasteiger partial charge in [0.05, 0.1) is 24.9 Å². The number of hydrogen-bond donors (Lipinski definition) is 1. The quantitative estimate of drug-likeness (QED) is 0.818. The molecule has 2 unspecified atom stereocenters. The van der Waals surface area contributed by atoms with Gasteiger partial charge in [-0.05, 0) is 25.8 Å². The average molecular weight is 246 g/mol. The van der Waals surface area contributed by atoms with Crippen molar-refractivity contribution in [2.75, 3.05) is 13.2 Å². The number of hydrogen-bond acceptors (Lipinski definition) is 4. The van der Waals surface area contributed by atoms with Crippen LogP contribution in [-0.4, -0.2) is 30.3 Å². The lowest BCUT2D eigenvalue weighted by molar-refractivity contribution is 0.0264. The summed E-state index contributed by atoms with van der Waals surface area (Å²) in [5.41, 5.74) is 6.15. The van der Waals surface area contributed by atoms with Crippen LogP contribution in [-0.2, 0) is 4.74 Å². The molecule has 2 N–H and O–H groups in total. The zero-order chi connectivity index (χ0) is 12.8. The average Bonchev–Trinajstić information content (AvgIpc) is 2.80. The monoisotopic (exact) mass is 246 g/mol. The van der Waals surface area contributed by atoms with Gasteiger partial charge in [0.25, 0.3) is 0 Å². The number of pyridine rings is 1. The highest BCUT2D eigenvalue weighted by Crippen LogP contribution is 2.20. The highest BCUT2D eigenvalue weighted by atomic mass is 16.5. The van der Waals surface area contributed by atoms with Gasteiger partial charge in [0.1, 0.15) is 12.4 Å². The Hall–Kier alpha value is -1.57. The van der Waals surface area contributed by atoms with Crippen LogP contribution in [0.5, 0.6) is 5.75 Å². The Morgan fingerprint density at radius 3 is 3.11 bits per heavy atom. The maximum Gasteiger partial charge on any atom is 0.138 e. The van der Waals surface area contributed by atoms with E-state index in [1.165, 1.54) is 0 Å². The molecule has 4 heteroatoms. The van der Waals surface area contributed by atoms with Gasteiger partial charge in [-0.2, -0.15) is 0 Å². The standard InChI is InChI=1S/C14H18N2O2/c1-11-4-5-13(18-11)10-17-14-7-12(3-2-6-15)8-16-9-14/h7-9,11,13H,4-6,10,15H2,1H3. The minimum atomic E-state index is 0.193. The Kier molecular flexibility index (Phi) is 4.57. The van der Waals surface area contributed by atoms with E-state index in [9.17, 15) is 0 Å². The van der Waals surface area contributed by atoms with Crippen LogP contribution in [0.4, 0.5) is 0 Å². The molecular weight excluding hydrogens is 228 g/mol. The van der Waals surface area contributed by atoms with Gasteiger partial charge in [0, 0.05) is 11.8 Å². The third-order valence-electron chi connectivity index (χ3n) is 2.80. The molecule has 2 atom stereocenters. The van der Waals surface area contributed by atoms with Crippen molar-refractivity contribution >= 4 is 0 Å². The molecule has 18 heavy (non-hydrogen) atoms. The van der Waals surface area contributed by atoms with Gasteiger partial charge in [0.2, 0.25) is 0 Å². The Morgan fingerprint density at radius 2 is 2.39 bits per heavy atom. The SMILES string of the molecule is CC1CCC(COc2cncc(C#CCN)c2)O1. The lowest BCUT2D eigenvalue weighted by atomic mass is 10.2. The third-order valence-corrected chi connectivity index (χ3v) is 2.80. The molecule has 0 saturated carbocycles. The fourth-order valence-corrected chi connectivity index (χ4v) is 1.92. The van der Waals surface area contributed by atoms with E-state index in [0.29, 0.717) is 19.3 Å². The summed E-state index contributed by atoms with van der Waals surface area (Å²) in [5, 5.41) is 0. The first kappa shape index (κ1) is 12.9. The summed E-state index contributed by atoms with van der Waals surface area (Å²) < 4.78 is 11.4. The predicted molar refractivity (Wildman–Crippen MR) is 69.2 cm³/mol. The molecule has 0 amide bonds. The highest BCUT2D eigenvalue weighted by molar-refractivity contribution is 5.36. The number of ether oxygens (including phenoxy) is 2. The van der Waals surface area contributed by atoms with Crippen molar-refractivity contribution in [1.82, 2.24) is 4.98 Å². The Labute approximate surface area is 107 Å². The summed E-state index contributed by atoms with van der Waals surface area (Å²) >= 11 is 0. The molecule has 96 valence electrons. The lowest BCUT2D eigenvalue weighted by Gasteiger charge is -2.12. The smallest absolute Gasteiger partial charge is 0.138 e. The predicted octanol–water partition coefficient (Wildman–Crippen LogP) is 1.34. The van der Waals surface area contributed by atoms with Crippen LogP contribution in [0, 0.1) is 11.8 Å². The minimum Gasteiger partial charge on any atom is -0.489 e. The summed E-state index contributed by atoms with van der Waals surface area (Å²) in [6.45, 7) is 3.00. The molecule has 1 aliphatic heterocycles. The Balaban J connectivity index is 1.89. The van der Waals surface area contributed by atoms with E-state index >= 15 is 0 Å². The molecular formula is C14H18N2O2. The van der Waals surface area contributed by atoms with Crippen molar-refractivity contribution < 1.29 is 9.47 Å².